The molecule has 2 heterocycles. The standard InChI is InChI=1S/C18H35N3/c1-18(2)9-7-15(17(18)19-3)13-20-12-8-16(14-20)21-10-5-4-6-11-21/h15-17,19H,4-14H2,1-3H3. The number of nitrogens with one attached hydrogen (secondary N) is 1. The van der Waals surface area contributed by atoms with Gasteiger partial charge in [-0.15, -0.1) is 0 Å². The second-order valence-electron chi connectivity index (χ2n) is 8.35. The lowest BCUT2D eigenvalue weighted by Gasteiger charge is -2.34. The van der Waals surface area contributed by atoms with Crippen LogP contribution in [0.3, 0.4) is 0 Å². The molecule has 0 aromatic heterocycles. The summed E-state index contributed by atoms with van der Waals surface area (Å²) in [5.74, 6) is 0.852. The monoisotopic (exact) mass is 293 g/mol. The van der Waals surface area contributed by atoms with Crippen LogP contribution in [-0.4, -0.2) is 61.7 Å². The Balaban J connectivity index is 1.50. The fourth-order valence-electron chi connectivity index (χ4n) is 5.23. The van der Waals surface area contributed by atoms with Gasteiger partial charge < -0.3 is 10.2 Å². The summed E-state index contributed by atoms with van der Waals surface area (Å²) in [6.07, 6.45) is 8.49. The summed E-state index contributed by atoms with van der Waals surface area (Å²) >= 11 is 0. The van der Waals surface area contributed by atoms with E-state index in [1.165, 1.54) is 71.2 Å². The Hall–Kier alpha value is -0.120. The van der Waals surface area contributed by atoms with E-state index in [0.717, 1.165) is 12.0 Å². The van der Waals surface area contributed by atoms with E-state index in [0.29, 0.717) is 11.5 Å². The molecule has 0 amide bonds. The number of hydrogen-bond donors (Lipinski definition) is 1. The van der Waals surface area contributed by atoms with Gasteiger partial charge >= 0.3 is 0 Å². The van der Waals surface area contributed by atoms with Crippen LogP contribution in [-0.2, 0) is 0 Å². The third-order valence-electron chi connectivity index (χ3n) is 6.43. The molecule has 1 N–H and O–H groups in total. The smallest absolute Gasteiger partial charge is 0.0235 e. The zero-order chi connectivity index (χ0) is 14.9. The Morgan fingerprint density at radius 2 is 1.81 bits per heavy atom. The van der Waals surface area contributed by atoms with Crippen LogP contribution >= 0.6 is 0 Å². The molecule has 0 spiro atoms. The van der Waals surface area contributed by atoms with E-state index in [-0.39, 0.29) is 0 Å². The summed E-state index contributed by atoms with van der Waals surface area (Å²) in [6.45, 7) is 11.6. The van der Waals surface area contributed by atoms with E-state index in [1.807, 2.05) is 0 Å². The molecule has 3 fully saturated rings. The first-order valence-corrected chi connectivity index (χ1v) is 9.24. The highest BCUT2D eigenvalue weighted by Crippen LogP contribution is 2.41. The van der Waals surface area contributed by atoms with Gasteiger partial charge in [0.15, 0.2) is 0 Å². The SMILES string of the molecule is CNC1C(CN2CCC(N3CCCCC3)C2)CCC1(C)C. The van der Waals surface area contributed by atoms with Crippen molar-refractivity contribution in [3.63, 3.8) is 0 Å². The highest BCUT2D eigenvalue weighted by Gasteiger charge is 2.42. The van der Waals surface area contributed by atoms with Gasteiger partial charge in [-0.2, -0.15) is 0 Å². The maximum absolute atomic E-state index is 3.62. The van der Waals surface area contributed by atoms with E-state index in [2.05, 4.69) is 36.0 Å². The molecule has 0 bridgehead atoms. The summed E-state index contributed by atoms with van der Waals surface area (Å²) < 4.78 is 0. The van der Waals surface area contributed by atoms with E-state index < -0.39 is 0 Å². The molecular weight excluding hydrogens is 258 g/mol. The molecular formula is C18H35N3. The number of nitrogens with zero attached hydrogens (tertiary/aromatic N) is 2. The largest absolute Gasteiger partial charge is 0.316 e. The fraction of sp³-hybridized carbons (Fsp3) is 1.00. The molecule has 21 heavy (non-hydrogen) atoms. The summed E-state index contributed by atoms with van der Waals surface area (Å²) in [4.78, 5) is 5.54. The van der Waals surface area contributed by atoms with Crippen molar-refractivity contribution in [3.05, 3.63) is 0 Å². The number of rotatable bonds is 4. The lowest BCUT2D eigenvalue weighted by molar-refractivity contribution is 0.154. The van der Waals surface area contributed by atoms with E-state index in [9.17, 15) is 0 Å². The summed E-state index contributed by atoms with van der Waals surface area (Å²) in [5.41, 5.74) is 0.478. The minimum atomic E-state index is 0.478. The number of hydrogen-bond acceptors (Lipinski definition) is 3. The predicted molar refractivity (Wildman–Crippen MR) is 89.6 cm³/mol. The molecule has 0 aromatic carbocycles. The second kappa shape index (κ2) is 6.55. The normalized spacial score (nSPS) is 38.1. The first-order valence-electron chi connectivity index (χ1n) is 9.24. The van der Waals surface area contributed by atoms with E-state index in [1.54, 1.807) is 0 Å². The van der Waals surface area contributed by atoms with Crippen LogP contribution in [0, 0.1) is 11.3 Å². The van der Waals surface area contributed by atoms with Crippen molar-refractivity contribution in [2.24, 2.45) is 11.3 Å². The molecule has 3 unspecified atom stereocenters. The van der Waals surface area contributed by atoms with Gasteiger partial charge in [-0.05, 0) is 70.1 Å². The van der Waals surface area contributed by atoms with Gasteiger partial charge in [-0.25, -0.2) is 0 Å². The first kappa shape index (κ1) is 15.8. The predicted octanol–water partition coefficient (Wildman–Crippen LogP) is 2.57. The van der Waals surface area contributed by atoms with Crippen molar-refractivity contribution in [3.8, 4) is 0 Å². The molecule has 3 heteroatoms. The Labute approximate surface area is 131 Å². The molecule has 1 aliphatic carbocycles. The Morgan fingerprint density at radius 1 is 1.05 bits per heavy atom. The van der Waals surface area contributed by atoms with Crippen LogP contribution in [0.5, 0.6) is 0 Å². The van der Waals surface area contributed by atoms with Crippen molar-refractivity contribution in [2.75, 3.05) is 39.8 Å². The van der Waals surface area contributed by atoms with Crippen molar-refractivity contribution in [1.29, 1.82) is 0 Å². The van der Waals surface area contributed by atoms with Crippen molar-refractivity contribution < 1.29 is 0 Å². The molecule has 3 aliphatic rings. The first-order chi connectivity index (χ1) is 10.1. The quantitative estimate of drug-likeness (QED) is 0.859. The van der Waals surface area contributed by atoms with Crippen molar-refractivity contribution in [1.82, 2.24) is 15.1 Å². The lowest BCUT2D eigenvalue weighted by atomic mass is 9.85. The highest BCUT2D eigenvalue weighted by molar-refractivity contribution is 4.97. The Kier molecular flexibility index (Phi) is 4.92. The topological polar surface area (TPSA) is 18.5 Å². The van der Waals surface area contributed by atoms with Gasteiger partial charge in [0.1, 0.15) is 0 Å². The minimum absolute atomic E-state index is 0.478. The van der Waals surface area contributed by atoms with Gasteiger partial charge in [0.2, 0.25) is 0 Å². The lowest BCUT2D eigenvalue weighted by Crippen LogP contribution is -2.45. The van der Waals surface area contributed by atoms with Crippen molar-refractivity contribution >= 4 is 0 Å². The summed E-state index contributed by atoms with van der Waals surface area (Å²) in [5, 5.41) is 3.62. The van der Waals surface area contributed by atoms with Gasteiger partial charge in [-0.3, -0.25) is 4.90 Å². The minimum Gasteiger partial charge on any atom is -0.316 e. The molecule has 3 atom stereocenters. The third kappa shape index (κ3) is 3.46. The Morgan fingerprint density at radius 3 is 2.52 bits per heavy atom. The molecule has 3 rings (SSSR count). The van der Waals surface area contributed by atoms with Crippen LogP contribution in [0.2, 0.25) is 0 Å². The van der Waals surface area contributed by atoms with Crippen LogP contribution in [0.15, 0.2) is 0 Å². The van der Waals surface area contributed by atoms with Gasteiger partial charge in [0.25, 0.3) is 0 Å². The number of likely N-dealkylation sites (tertiary alicyclic amines) is 2. The molecule has 0 radical (unpaired) electrons. The number of piperidine rings is 1. The third-order valence-corrected chi connectivity index (χ3v) is 6.43. The zero-order valence-corrected chi connectivity index (χ0v) is 14.4. The van der Waals surface area contributed by atoms with Gasteiger partial charge in [-0.1, -0.05) is 20.3 Å². The molecule has 0 aromatic rings. The molecule has 2 saturated heterocycles. The van der Waals surface area contributed by atoms with Crippen LogP contribution in [0.4, 0.5) is 0 Å². The maximum atomic E-state index is 3.62. The molecule has 2 aliphatic heterocycles. The maximum Gasteiger partial charge on any atom is 0.0235 e. The fourth-order valence-corrected chi connectivity index (χ4v) is 5.23. The van der Waals surface area contributed by atoms with Crippen molar-refractivity contribution in [2.45, 2.75) is 64.5 Å². The van der Waals surface area contributed by atoms with Gasteiger partial charge in [0, 0.05) is 25.2 Å². The second-order valence-corrected chi connectivity index (χ2v) is 8.35. The average molecular weight is 293 g/mol. The van der Waals surface area contributed by atoms with Crippen LogP contribution < -0.4 is 5.32 Å². The highest BCUT2D eigenvalue weighted by atomic mass is 15.3. The molecule has 3 nitrogen and oxygen atoms in total. The Bertz CT molecular complexity index is 335. The van der Waals surface area contributed by atoms with Crippen LogP contribution in [0.1, 0.15) is 52.4 Å². The summed E-state index contributed by atoms with van der Waals surface area (Å²) in [7, 11) is 2.16. The zero-order valence-electron chi connectivity index (χ0n) is 14.4. The summed E-state index contributed by atoms with van der Waals surface area (Å²) in [6, 6.07) is 1.55. The molecule has 1 saturated carbocycles. The van der Waals surface area contributed by atoms with E-state index >= 15 is 0 Å². The van der Waals surface area contributed by atoms with Gasteiger partial charge in [0.05, 0.1) is 0 Å². The van der Waals surface area contributed by atoms with Crippen LogP contribution in [0.25, 0.3) is 0 Å². The average Bonchev–Trinajstić information content (AvgIpc) is 3.05. The van der Waals surface area contributed by atoms with E-state index in [4.69, 9.17) is 0 Å². The molecule has 122 valence electrons.